The molecule has 4 rings (SSSR count). The van der Waals surface area contributed by atoms with Gasteiger partial charge in [0.25, 0.3) is 5.91 Å². The molecule has 3 aromatic rings. The molecule has 1 aliphatic heterocycles. The van der Waals surface area contributed by atoms with Gasteiger partial charge in [-0.15, -0.1) is 0 Å². The summed E-state index contributed by atoms with van der Waals surface area (Å²) in [5.74, 6) is -4.63. The van der Waals surface area contributed by atoms with E-state index in [4.69, 9.17) is 19.8 Å². The maximum absolute atomic E-state index is 13.9. The van der Waals surface area contributed by atoms with Gasteiger partial charge >= 0.3 is 11.9 Å². The highest BCUT2D eigenvalue weighted by Crippen LogP contribution is 2.23. The molecule has 1 heterocycles. The topological polar surface area (TPSA) is 132 Å². The molecular weight excluding hydrogens is 467 g/mol. The van der Waals surface area contributed by atoms with Crippen LogP contribution in [0, 0.1) is 5.82 Å². The lowest BCUT2D eigenvalue weighted by molar-refractivity contribution is -0.159. The molecule has 11 heteroatoms. The first kappa shape index (κ1) is 24.8. The Hall–Kier alpha value is -3.83. The number of fused-ring (bicyclic) bond motifs is 1. The summed E-state index contributed by atoms with van der Waals surface area (Å²) in [5, 5.41) is 16.6. The Morgan fingerprint density at radius 1 is 0.765 bits per heavy atom. The molecule has 1 fully saturated rings. The highest BCUT2D eigenvalue weighted by molar-refractivity contribution is 7.89. The molecule has 0 unspecified atom stereocenters. The number of nitrogens with zero attached hydrogens (tertiary/aromatic N) is 2. The first-order valence-corrected chi connectivity index (χ1v) is 11.5. The van der Waals surface area contributed by atoms with Crippen LogP contribution in [0.25, 0.3) is 10.8 Å². The Balaban J connectivity index is 0.000000481. The van der Waals surface area contributed by atoms with Crippen LogP contribution >= 0.6 is 0 Å². The van der Waals surface area contributed by atoms with E-state index in [1.165, 1.54) is 27.4 Å². The minimum absolute atomic E-state index is 0.00772. The summed E-state index contributed by atoms with van der Waals surface area (Å²) in [4.78, 5) is 32.4. The number of halogens is 1. The number of carbonyl (C=O) groups is 3. The van der Waals surface area contributed by atoms with Crippen molar-refractivity contribution >= 4 is 38.6 Å². The van der Waals surface area contributed by atoms with Gasteiger partial charge in [-0.05, 0) is 35.0 Å². The molecule has 0 aromatic heterocycles. The lowest BCUT2D eigenvalue weighted by atomic mass is 10.1. The number of hydrogen-bond acceptors (Lipinski definition) is 5. The van der Waals surface area contributed by atoms with E-state index >= 15 is 0 Å². The van der Waals surface area contributed by atoms with Crippen LogP contribution < -0.4 is 0 Å². The van der Waals surface area contributed by atoms with Crippen molar-refractivity contribution in [1.82, 2.24) is 9.21 Å². The Labute approximate surface area is 194 Å². The van der Waals surface area contributed by atoms with Crippen molar-refractivity contribution in [3.8, 4) is 0 Å². The van der Waals surface area contributed by atoms with E-state index < -0.39 is 33.7 Å². The fraction of sp³-hybridized carbons (Fsp3) is 0.174. The summed E-state index contributed by atoms with van der Waals surface area (Å²) >= 11 is 0. The SMILES string of the molecule is O=C(O)C(=O)O.O=C(c1ccccc1F)N1CCN(S(=O)(=O)c2ccc3ccccc3c2)CC1. The third-order valence-corrected chi connectivity index (χ3v) is 7.07. The molecule has 0 radical (unpaired) electrons. The van der Waals surface area contributed by atoms with Crippen LogP contribution in [-0.2, 0) is 19.6 Å². The second-order valence-electron chi connectivity index (χ2n) is 7.30. The van der Waals surface area contributed by atoms with Crippen LogP contribution in [0.15, 0.2) is 71.6 Å². The fourth-order valence-electron chi connectivity index (χ4n) is 3.41. The van der Waals surface area contributed by atoms with Gasteiger partial charge in [-0.3, -0.25) is 4.79 Å². The van der Waals surface area contributed by atoms with E-state index in [1.54, 1.807) is 24.3 Å². The maximum atomic E-state index is 13.9. The van der Waals surface area contributed by atoms with Crippen molar-refractivity contribution in [3.05, 3.63) is 78.1 Å². The zero-order valence-electron chi connectivity index (χ0n) is 17.8. The standard InChI is InChI=1S/C21H19FN2O3S.C2H2O4/c22-20-8-4-3-7-19(20)21(25)23-11-13-24(14-12-23)28(26,27)18-10-9-16-5-1-2-6-17(16)15-18;3-1(4)2(5)6/h1-10,15H,11-14H2;(H,3,4)(H,5,6). The van der Waals surface area contributed by atoms with E-state index in [1.807, 2.05) is 24.3 Å². The number of carboxylic acids is 2. The normalized spacial score (nSPS) is 14.2. The molecule has 0 aliphatic carbocycles. The van der Waals surface area contributed by atoms with Gasteiger partial charge in [0.15, 0.2) is 0 Å². The zero-order chi connectivity index (χ0) is 24.9. The minimum Gasteiger partial charge on any atom is -0.473 e. The first-order valence-electron chi connectivity index (χ1n) is 10.1. The molecule has 178 valence electrons. The number of hydrogen-bond donors (Lipinski definition) is 2. The average Bonchev–Trinajstić information content (AvgIpc) is 2.84. The van der Waals surface area contributed by atoms with Gasteiger partial charge in [0.2, 0.25) is 10.0 Å². The number of carbonyl (C=O) groups excluding carboxylic acids is 1. The van der Waals surface area contributed by atoms with Crippen LogP contribution in [0.2, 0.25) is 0 Å². The number of piperazine rings is 1. The van der Waals surface area contributed by atoms with Crippen molar-refractivity contribution in [2.45, 2.75) is 4.90 Å². The molecule has 1 aliphatic rings. The van der Waals surface area contributed by atoms with Crippen LogP contribution in [0.1, 0.15) is 10.4 Å². The quantitative estimate of drug-likeness (QED) is 0.541. The third kappa shape index (κ3) is 5.56. The summed E-state index contributed by atoms with van der Waals surface area (Å²) < 4.78 is 41.2. The van der Waals surface area contributed by atoms with Crippen LogP contribution in [0.3, 0.4) is 0 Å². The number of sulfonamides is 1. The summed E-state index contributed by atoms with van der Waals surface area (Å²) in [5.41, 5.74) is 0.00772. The van der Waals surface area contributed by atoms with Crippen molar-refractivity contribution in [2.24, 2.45) is 0 Å². The molecule has 9 nitrogen and oxygen atoms in total. The smallest absolute Gasteiger partial charge is 0.414 e. The van der Waals surface area contributed by atoms with Gasteiger partial charge < -0.3 is 15.1 Å². The van der Waals surface area contributed by atoms with Gasteiger partial charge in [0.1, 0.15) is 5.82 Å². The summed E-state index contributed by atoms with van der Waals surface area (Å²) in [6.45, 7) is 0.796. The first-order chi connectivity index (χ1) is 16.1. The van der Waals surface area contributed by atoms with Gasteiger partial charge in [0.05, 0.1) is 10.5 Å². The van der Waals surface area contributed by atoms with E-state index in [-0.39, 0.29) is 36.6 Å². The van der Waals surface area contributed by atoms with E-state index in [9.17, 15) is 17.6 Å². The van der Waals surface area contributed by atoms with Gasteiger partial charge in [-0.1, -0.05) is 42.5 Å². The van der Waals surface area contributed by atoms with Crippen molar-refractivity contribution < 1.29 is 37.4 Å². The van der Waals surface area contributed by atoms with Crippen LogP contribution in [-0.4, -0.2) is 71.9 Å². The van der Waals surface area contributed by atoms with Crippen molar-refractivity contribution in [2.75, 3.05) is 26.2 Å². The van der Waals surface area contributed by atoms with Gasteiger partial charge in [0, 0.05) is 26.2 Å². The highest BCUT2D eigenvalue weighted by atomic mass is 32.2. The van der Waals surface area contributed by atoms with Gasteiger partial charge in [-0.25, -0.2) is 22.4 Å². The molecule has 34 heavy (non-hydrogen) atoms. The van der Waals surface area contributed by atoms with E-state index in [0.717, 1.165) is 10.8 Å². The summed E-state index contributed by atoms with van der Waals surface area (Å²) in [6, 6.07) is 18.5. The molecule has 0 bridgehead atoms. The second kappa shape index (κ2) is 10.4. The molecule has 0 saturated carbocycles. The number of benzene rings is 3. The summed E-state index contributed by atoms with van der Waals surface area (Å²) in [6.07, 6.45) is 0. The van der Waals surface area contributed by atoms with Crippen LogP contribution in [0.5, 0.6) is 0 Å². The molecule has 1 saturated heterocycles. The highest BCUT2D eigenvalue weighted by Gasteiger charge is 2.31. The Bertz CT molecular complexity index is 1320. The number of carboxylic acid groups (broad SMARTS) is 2. The van der Waals surface area contributed by atoms with Crippen molar-refractivity contribution in [1.29, 1.82) is 0 Å². The lowest BCUT2D eigenvalue weighted by Crippen LogP contribution is -2.50. The molecule has 3 aromatic carbocycles. The predicted molar refractivity (Wildman–Crippen MR) is 120 cm³/mol. The number of rotatable bonds is 3. The second-order valence-corrected chi connectivity index (χ2v) is 9.23. The third-order valence-electron chi connectivity index (χ3n) is 5.17. The summed E-state index contributed by atoms with van der Waals surface area (Å²) in [7, 11) is -3.65. The number of aliphatic carboxylic acids is 2. The van der Waals surface area contributed by atoms with E-state index in [0.29, 0.717) is 0 Å². The van der Waals surface area contributed by atoms with Gasteiger partial charge in [-0.2, -0.15) is 4.31 Å². The van der Waals surface area contributed by atoms with Crippen molar-refractivity contribution in [3.63, 3.8) is 0 Å². The Morgan fingerprint density at radius 3 is 1.91 bits per heavy atom. The molecular formula is C23H21FN2O7S. The average molecular weight is 488 g/mol. The fourth-order valence-corrected chi connectivity index (χ4v) is 4.87. The van der Waals surface area contributed by atoms with Crippen LogP contribution in [0.4, 0.5) is 4.39 Å². The predicted octanol–water partition coefficient (Wildman–Crippen LogP) is 2.28. The zero-order valence-corrected chi connectivity index (χ0v) is 18.6. The maximum Gasteiger partial charge on any atom is 0.414 e. The van der Waals surface area contributed by atoms with E-state index in [2.05, 4.69) is 0 Å². The monoisotopic (exact) mass is 488 g/mol. The lowest BCUT2D eigenvalue weighted by Gasteiger charge is -2.34. The largest absolute Gasteiger partial charge is 0.473 e. The Morgan fingerprint density at radius 2 is 1.32 bits per heavy atom. The molecule has 2 N–H and O–H groups in total. The Kier molecular flexibility index (Phi) is 7.59. The minimum atomic E-state index is -3.65. The molecule has 0 spiro atoms. The number of amides is 1. The molecule has 0 atom stereocenters. The molecule has 1 amide bonds.